The Balaban J connectivity index is 1.62. The number of piperidine rings is 1. The fourth-order valence-electron chi connectivity index (χ4n) is 3.62. The van der Waals surface area contributed by atoms with E-state index in [9.17, 15) is 18.4 Å². The normalized spacial score (nSPS) is 13.3. The van der Waals surface area contributed by atoms with Crippen LogP contribution in [0.15, 0.2) is 36.4 Å². The standard InChI is InChI=1S/C25H29F2NO7/c1-3-32-22-14-18(8-10-19(22)33-16-23(29)28-11-5-4-6-12-28)24(30)34-15-17-7-9-20(35-25(26)27)21(13-17)31-2/h7-10,13-14,25H,3-6,11-12,15-16H2,1-2H3. The molecule has 0 radical (unpaired) electrons. The smallest absolute Gasteiger partial charge is 0.387 e. The second kappa shape index (κ2) is 12.8. The van der Waals surface area contributed by atoms with Crippen molar-refractivity contribution < 1.29 is 42.1 Å². The van der Waals surface area contributed by atoms with Crippen molar-refractivity contribution in [2.24, 2.45) is 0 Å². The number of methoxy groups -OCH3 is 1. The average Bonchev–Trinajstić information content (AvgIpc) is 2.87. The Morgan fingerprint density at radius 2 is 1.69 bits per heavy atom. The van der Waals surface area contributed by atoms with Crippen molar-refractivity contribution in [3.05, 3.63) is 47.5 Å². The van der Waals surface area contributed by atoms with Gasteiger partial charge in [-0.1, -0.05) is 6.07 Å². The summed E-state index contributed by atoms with van der Waals surface area (Å²) in [6.45, 7) is 0.387. The number of hydrogen-bond donors (Lipinski definition) is 0. The predicted octanol–water partition coefficient (Wildman–Crippen LogP) is 4.44. The Hall–Kier alpha value is -3.56. The highest BCUT2D eigenvalue weighted by molar-refractivity contribution is 5.90. The zero-order valence-corrected chi connectivity index (χ0v) is 19.8. The summed E-state index contributed by atoms with van der Waals surface area (Å²) >= 11 is 0. The van der Waals surface area contributed by atoms with Crippen molar-refractivity contribution in [2.75, 3.05) is 33.4 Å². The molecule has 3 rings (SSSR count). The fraction of sp³-hybridized carbons (Fsp3) is 0.440. The van der Waals surface area contributed by atoms with Crippen LogP contribution in [0.25, 0.3) is 0 Å². The second-order valence-corrected chi connectivity index (χ2v) is 7.76. The van der Waals surface area contributed by atoms with Crippen LogP contribution in [-0.2, 0) is 16.1 Å². The number of ether oxygens (including phenoxy) is 5. The Kier molecular flexibility index (Phi) is 9.51. The Bertz CT molecular complexity index is 1010. The van der Waals surface area contributed by atoms with Gasteiger partial charge in [0.1, 0.15) is 6.61 Å². The summed E-state index contributed by atoms with van der Waals surface area (Å²) < 4.78 is 51.0. The minimum absolute atomic E-state index is 0.0870. The topological polar surface area (TPSA) is 83.5 Å². The molecular formula is C25H29F2NO7. The number of nitrogens with zero attached hydrogens (tertiary/aromatic N) is 1. The summed E-state index contributed by atoms with van der Waals surface area (Å²) in [5.74, 6) is -0.0483. The SMILES string of the molecule is CCOc1cc(C(=O)OCc2ccc(OC(F)F)c(OC)c2)ccc1OCC(=O)N1CCCCC1. The van der Waals surface area contributed by atoms with Gasteiger partial charge in [-0.15, -0.1) is 0 Å². The highest BCUT2D eigenvalue weighted by atomic mass is 19.3. The van der Waals surface area contributed by atoms with E-state index in [0.29, 0.717) is 23.7 Å². The largest absolute Gasteiger partial charge is 0.493 e. The van der Waals surface area contributed by atoms with Crippen molar-refractivity contribution in [3.63, 3.8) is 0 Å². The van der Waals surface area contributed by atoms with Gasteiger partial charge in [0.15, 0.2) is 29.6 Å². The van der Waals surface area contributed by atoms with Gasteiger partial charge in [-0.3, -0.25) is 4.79 Å². The number of benzene rings is 2. The van der Waals surface area contributed by atoms with E-state index in [2.05, 4.69) is 4.74 Å². The molecule has 1 aliphatic heterocycles. The van der Waals surface area contributed by atoms with E-state index in [1.165, 1.54) is 37.4 Å². The molecule has 0 aromatic heterocycles. The second-order valence-electron chi connectivity index (χ2n) is 7.76. The number of carbonyl (C=O) groups excluding carboxylic acids is 2. The maximum Gasteiger partial charge on any atom is 0.387 e. The first-order valence-electron chi connectivity index (χ1n) is 11.4. The molecule has 0 unspecified atom stereocenters. The molecule has 2 aromatic rings. The zero-order chi connectivity index (χ0) is 25.2. The maximum absolute atomic E-state index is 12.6. The van der Waals surface area contributed by atoms with Crippen molar-refractivity contribution in [1.82, 2.24) is 4.90 Å². The van der Waals surface area contributed by atoms with Gasteiger partial charge in [0.05, 0.1) is 19.3 Å². The van der Waals surface area contributed by atoms with E-state index in [-0.39, 0.29) is 36.2 Å². The van der Waals surface area contributed by atoms with Crippen molar-refractivity contribution in [3.8, 4) is 23.0 Å². The number of carbonyl (C=O) groups is 2. The van der Waals surface area contributed by atoms with Gasteiger partial charge >= 0.3 is 12.6 Å². The predicted molar refractivity (Wildman–Crippen MR) is 122 cm³/mol. The van der Waals surface area contributed by atoms with Gasteiger partial charge in [0.25, 0.3) is 5.91 Å². The highest BCUT2D eigenvalue weighted by Gasteiger charge is 2.19. The molecule has 1 fully saturated rings. The number of esters is 1. The van der Waals surface area contributed by atoms with Crippen LogP contribution in [0, 0.1) is 0 Å². The number of alkyl halides is 2. The molecule has 0 aliphatic carbocycles. The summed E-state index contributed by atoms with van der Waals surface area (Å²) in [6.07, 6.45) is 3.11. The van der Waals surface area contributed by atoms with E-state index >= 15 is 0 Å². The first-order chi connectivity index (χ1) is 16.9. The molecule has 1 amide bonds. The molecule has 1 saturated heterocycles. The molecule has 190 valence electrons. The lowest BCUT2D eigenvalue weighted by atomic mass is 10.1. The number of likely N-dealkylation sites (tertiary alicyclic amines) is 1. The van der Waals surface area contributed by atoms with Crippen molar-refractivity contribution in [2.45, 2.75) is 39.4 Å². The fourth-order valence-corrected chi connectivity index (χ4v) is 3.62. The third-order valence-electron chi connectivity index (χ3n) is 5.35. The van der Waals surface area contributed by atoms with Crippen molar-refractivity contribution >= 4 is 11.9 Å². The quantitative estimate of drug-likeness (QED) is 0.428. The van der Waals surface area contributed by atoms with Crippen LogP contribution in [0.3, 0.4) is 0 Å². The molecule has 1 heterocycles. The molecule has 0 spiro atoms. The molecule has 8 nitrogen and oxygen atoms in total. The van der Waals surface area contributed by atoms with Gasteiger partial charge in [0, 0.05) is 13.1 Å². The minimum Gasteiger partial charge on any atom is -0.493 e. The molecule has 35 heavy (non-hydrogen) atoms. The lowest BCUT2D eigenvalue weighted by Crippen LogP contribution is -2.38. The lowest BCUT2D eigenvalue weighted by molar-refractivity contribution is -0.134. The van der Waals surface area contributed by atoms with Gasteiger partial charge in [-0.05, 0) is 62.1 Å². The summed E-state index contributed by atoms with van der Waals surface area (Å²) in [5, 5.41) is 0. The first-order valence-corrected chi connectivity index (χ1v) is 11.4. The van der Waals surface area contributed by atoms with Crippen LogP contribution in [-0.4, -0.2) is 56.8 Å². The van der Waals surface area contributed by atoms with Crippen LogP contribution < -0.4 is 18.9 Å². The van der Waals surface area contributed by atoms with Gasteiger partial charge in [-0.2, -0.15) is 8.78 Å². The zero-order valence-electron chi connectivity index (χ0n) is 19.8. The Morgan fingerprint density at radius 1 is 0.943 bits per heavy atom. The Morgan fingerprint density at radius 3 is 2.37 bits per heavy atom. The third-order valence-corrected chi connectivity index (χ3v) is 5.35. The van der Waals surface area contributed by atoms with E-state index in [1.54, 1.807) is 17.9 Å². The summed E-state index contributed by atoms with van der Waals surface area (Å²) in [5.41, 5.74) is 0.755. The van der Waals surface area contributed by atoms with E-state index < -0.39 is 12.6 Å². The van der Waals surface area contributed by atoms with E-state index in [4.69, 9.17) is 18.9 Å². The van der Waals surface area contributed by atoms with Gasteiger partial charge in [0.2, 0.25) is 0 Å². The Labute approximate surface area is 202 Å². The van der Waals surface area contributed by atoms with E-state index in [0.717, 1.165) is 32.4 Å². The lowest BCUT2D eigenvalue weighted by Gasteiger charge is -2.26. The summed E-state index contributed by atoms with van der Waals surface area (Å²) in [7, 11) is 1.32. The average molecular weight is 494 g/mol. The van der Waals surface area contributed by atoms with Gasteiger partial charge < -0.3 is 28.6 Å². The number of hydrogen-bond acceptors (Lipinski definition) is 7. The molecule has 10 heteroatoms. The summed E-state index contributed by atoms with van der Waals surface area (Å²) in [6, 6.07) is 8.84. The number of halogens is 2. The maximum atomic E-state index is 12.6. The van der Waals surface area contributed by atoms with Crippen molar-refractivity contribution in [1.29, 1.82) is 0 Å². The van der Waals surface area contributed by atoms with Gasteiger partial charge in [-0.25, -0.2) is 4.79 Å². The first kappa shape index (κ1) is 26.1. The van der Waals surface area contributed by atoms with E-state index in [1.807, 2.05) is 0 Å². The number of rotatable bonds is 11. The molecule has 0 saturated carbocycles. The monoisotopic (exact) mass is 493 g/mol. The molecule has 0 N–H and O–H groups in total. The molecule has 0 bridgehead atoms. The summed E-state index contributed by atoms with van der Waals surface area (Å²) in [4.78, 5) is 26.8. The molecule has 0 atom stereocenters. The third kappa shape index (κ3) is 7.46. The van der Waals surface area contributed by atoms with Crippen LogP contribution in [0.1, 0.15) is 42.1 Å². The van der Waals surface area contributed by atoms with Crippen LogP contribution in [0.2, 0.25) is 0 Å². The molecule has 2 aromatic carbocycles. The van der Waals surface area contributed by atoms with Crippen LogP contribution in [0.5, 0.6) is 23.0 Å². The minimum atomic E-state index is -2.98. The number of amides is 1. The molecular weight excluding hydrogens is 464 g/mol. The molecule has 1 aliphatic rings. The highest BCUT2D eigenvalue weighted by Crippen LogP contribution is 2.31. The van der Waals surface area contributed by atoms with Crippen LogP contribution >= 0.6 is 0 Å². The van der Waals surface area contributed by atoms with Crippen LogP contribution in [0.4, 0.5) is 8.78 Å².